The van der Waals surface area contributed by atoms with Crippen molar-refractivity contribution in [1.29, 1.82) is 0 Å². The molecule has 0 saturated carbocycles. The first-order valence-electron chi connectivity index (χ1n) is 19.1. The van der Waals surface area contributed by atoms with Crippen LogP contribution in [-0.2, 0) is 26.1 Å². The van der Waals surface area contributed by atoms with Gasteiger partial charge in [-0.15, -0.1) is 0 Å². The minimum Gasteiger partial charge on any atom is -0.392 e. The van der Waals surface area contributed by atoms with Crippen molar-refractivity contribution < 1.29 is 10.2 Å². The lowest BCUT2D eigenvalue weighted by molar-refractivity contribution is 0.281. The molecule has 0 aliphatic carbocycles. The average molecular weight is 729 g/mol. The zero-order valence-corrected chi connectivity index (χ0v) is 31.2. The molecule has 0 atom stereocenters. The monoisotopic (exact) mass is 728 g/mol. The van der Waals surface area contributed by atoms with Gasteiger partial charge in [-0.3, -0.25) is 0 Å². The molecule has 274 valence electrons. The van der Waals surface area contributed by atoms with Crippen LogP contribution in [0.2, 0.25) is 0 Å². The Balaban J connectivity index is 0.997. The molecule has 0 aliphatic heterocycles. The first-order valence-corrected chi connectivity index (χ1v) is 19.1. The van der Waals surface area contributed by atoms with E-state index in [1.807, 2.05) is 36.4 Å². The standard InChI is InChI=1S/C52H44N2O2/c55-37-41-17-29-49(30-18-41)53(51-33-21-45(22-34-51)43-7-3-1-4-8-43)47-25-13-39(14-26-47)11-12-40-15-27-48(28-16-40)54(50-31-19-42(38-56)20-32-50)52-35-23-46(24-36-52)44-9-5-2-6-10-44/h1-10,13-36,55-56H,11-12,37-38H2. The summed E-state index contributed by atoms with van der Waals surface area (Å²) in [5.74, 6) is 0. The second-order valence-electron chi connectivity index (χ2n) is 14.0. The highest BCUT2D eigenvalue weighted by molar-refractivity contribution is 5.80. The summed E-state index contributed by atoms with van der Waals surface area (Å²) in [5, 5.41) is 19.3. The molecule has 0 spiro atoms. The molecule has 0 radical (unpaired) electrons. The van der Waals surface area contributed by atoms with Gasteiger partial charge in [0.2, 0.25) is 0 Å². The lowest BCUT2D eigenvalue weighted by atomic mass is 10.0. The summed E-state index contributed by atoms with van der Waals surface area (Å²) in [6, 6.07) is 72.2. The number of anilines is 6. The molecule has 56 heavy (non-hydrogen) atoms. The van der Waals surface area contributed by atoms with Crippen molar-refractivity contribution in [2.24, 2.45) is 0 Å². The summed E-state index contributed by atoms with van der Waals surface area (Å²) in [6.45, 7) is 0.0356. The Labute approximate surface area is 329 Å². The van der Waals surface area contributed by atoms with E-state index in [-0.39, 0.29) is 13.2 Å². The molecule has 4 heteroatoms. The summed E-state index contributed by atoms with van der Waals surface area (Å²) >= 11 is 0. The Hall–Kier alpha value is -6.72. The number of rotatable bonds is 13. The van der Waals surface area contributed by atoms with E-state index in [4.69, 9.17) is 0 Å². The van der Waals surface area contributed by atoms with Crippen molar-refractivity contribution in [3.05, 3.63) is 229 Å². The van der Waals surface area contributed by atoms with Crippen LogP contribution in [0.3, 0.4) is 0 Å². The van der Waals surface area contributed by atoms with E-state index < -0.39 is 0 Å². The van der Waals surface area contributed by atoms with E-state index in [1.165, 1.54) is 33.4 Å². The number of hydrogen-bond donors (Lipinski definition) is 2. The number of hydrogen-bond acceptors (Lipinski definition) is 4. The van der Waals surface area contributed by atoms with E-state index in [1.54, 1.807) is 0 Å². The SMILES string of the molecule is OCc1ccc(N(c2ccc(CCc3ccc(N(c4ccc(CO)cc4)c4ccc(-c5ccccc5)cc4)cc3)cc2)c2ccc(-c3ccccc3)cc2)cc1. The zero-order chi connectivity index (χ0) is 38.1. The summed E-state index contributed by atoms with van der Waals surface area (Å²) in [5.41, 5.74) is 15.4. The summed E-state index contributed by atoms with van der Waals surface area (Å²) in [6.07, 6.45) is 1.84. The van der Waals surface area contributed by atoms with Gasteiger partial charge >= 0.3 is 0 Å². The topological polar surface area (TPSA) is 46.9 Å². The second kappa shape index (κ2) is 17.2. The van der Waals surface area contributed by atoms with Gasteiger partial charge in [0, 0.05) is 34.1 Å². The molecule has 0 amide bonds. The van der Waals surface area contributed by atoms with Crippen molar-refractivity contribution in [3.8, 4) is 22.3 Å². The minimum absolute atomic E-state index is 0.0178. The van der Waals surface area contributed by atoms with Crippen LogP contribution < -0.4 is 9.80 Å². The molecular formula is C52H44N2O2. The van der Waals surface area contributed by atoms with E-state index in [9.17, 15) is 10.2 Å². The average Bonchev–Trinajstić information content (AvgIpc) is 3.28. The Morgan fingerprint density at radius 3 is 0.750 bits per heavy atom. The maximum Gasteiger partial charge on any atom is 0.0681 e. The quantitative estimate of drug-likeness (QED) is 0.124. The lowest BCUT2D eigenvalue weighted by Crippen LogP contribution is -2.10. The van der Waals surface area contributed by atoms with Gasteiger partial charge in [-0.2, -0.15) is 0 Å². The predicted molar refractivity (Wildman–Crippen MR) is 232 cm³/mol. The van der Waals surface area contributed by atoms with Crippen LogP contribution in [0, 0.1) is 0 Å². The van der Waals surface area contributed by atoms with Gasteiger partial charge in [-0.05, 0) is 130 Å². The third-order valence-corrected chi connectivity index (χ3v) is 10.3. The molecular weight excluding hydrogens is 685 g/mol. The lowest BCUT2D eigenvalue weighted by Gasteiger charge is -2.26. The normalized spacial score (nSPS) is 11.0. The highest BCUT2D eigenvalue weighted by atomic mass is 16.3. The molecule has 8 aromatic carbocycles. The van der Waals surface area contributed by atoms with Gasteiger partial charge in [-0.25, -0.2) is 0 Å². The van der Waals surface area contributed by atoms with E-state index in [2.05, 4.69) is 180 Å². The Kier molecular flexibility index (Phi) is 11.1. The summed E-state index contributed by atoms with van der Waals surface area (Å²) in [4.78, 5) is 4.52. The molecule has 0 aromatic heterocycles. The molecule has 8 aromatic rings. The number of aryl methyl sites for hydroxylation is 2. The Morgan fingerprint density at radius 1 is 0.250 bits per heavy atom. The molecule has 8 rings (SSSR count). The van der Waals surface area contributed by atoms with Crippen LogP contribution >= 0.6 is 0 Å². The van der Waals surface area contributed by atoms with Crippen molar-refractivity contribution in [1.82, 2.24) is 0 Å². The Morgan fingerprint density at radius 2 is 0.482 bits per heavy atom. The van der Waals surface area contributed by atoms with Crippen LogP contribution in [0.1, 0.15) is 22.3 Å². The zero-order valence-electron chi connectivity index (χ0n) is 31.2. The molecule has 4 nitrogen and oxygen atoms in total. The van der Waals surface area contributed by atoms with Crippen molar-refractivity contribution in [2.45, 2.75) is 26.1 Å². The fourth-order valence-corrected chi connectivity index (χ4v) is 7.17. The molecule has 0 fully saturated rings. The smallest absolute Gasteiger partial charge is 0.0681 e. The highest BCUT2D eigenvalue weighted by Gasteiger charge is 2.15. The summed E-state index contributed by atoms with van der Waals surface area (Å²) < 4.78 is 0. The minimum atomic E-state index is 0.0178. The second-order valence-corrected chi connectivity index (χ2v) is 14.0. The maximum absolute atomic E-state index is 9.67. The van der Waals surface area contributed by atoms with Gasteiger partial charge in [-0.1, -0.05) is 133 Å². The van der Waals surface area contributed by atoms with Crippen LogP contribution in [-0.4, -0.2) is 10.2 Å². The molecule has 0 unspecified atom stereocenters. The van der Waals surface area contributed by atoms with Gasteiger partial charge in [0.15, 0.2) is 0 Å². The number of nitrogens with zero attached hydrogens (tertiary/aromatic N) is 2. The largest absolute Gasteiger partial charge is 0.392 e. The molecule has 0 bridgehead atoms. The molecule has 0 saturated heterocycles. The molecule has 0 heterocycles. The fourth-order valence-electron chi connectivity index (χ4n) is 7.17. The van der Waals surface area contributed by atoms with Crippen molar-refractivity contribution in [2.75, 3.05) is 9.80 Å². The van der Waals surface area contributed by atoms with Crippen molar-refractivity contribution >= 4 is 34.1 Å². The highest BCUT2D eigenvalue weighted by Crippen LogP contribution is 2.38. The maximum atomic E-state index is 9.67. The molecule has 0 aliphatic rings. The summed E-state index contributed by atoms with van der Waals surface area (Å²) in [7, 11) is 0. The van der Waals surface area contributed by atoms with Crippen molar-refractivity contribution in [3.63, 3.8) is 0 Å². The van der Waals surface area contributed by atoms with Gasteiger partial charge < -0.3 is 20.0 Å². The van der Waals surface area contributed by atoms with E-state index >= 15 is 0 Å². The van der Waals surface area contributed by atoms with Crippen LogP contribution in [0.5, 0.6) is 0 Å². The Bertz CT molecular complexity index is 2250. The first-order chi connectivity index (χ1) is 27.6. The first kappa shape index (κ1) is 36.3. The number of aliphatic hydroxyl groups is 2. The third-order valence-electron chi connectivity index (χ3n) is 10.3. The number of aliphatic hydroxyl groups excluding tert-OH is 2. The van der Waals surface area contributed by atoms with E-state index in [0.717, 1.165) is 58.1 Å². The molecule has 2 N–H and O–H groups in total. The predicted octanol–water partition coefficient (Wildman–Crippen LogP) is 12.7. The number of benzene rings is 8. The van der Waals surface area contributed by atoms with E-state index in [0.29, 0.717) is 0 Å². The van der Waals surface area contributed by atoms with Gasteiger partial charge in [0.25, 0.3) is 0 Å². The van der Waals surface area contributed by atoms with Crippen LogP contribution in [0.15, 0.2) is 206 Å². The third kappa shape index (κ3) is 8.33. The van der Waals surface area contributed by atoms with Gasteiger partial charge in [0.1, 0.15) is 0 Å². The van der Waals surface area contributed by atoms with Gasteiger partial charge in [0.05, 0.1) is 13.2 Å². The fraction of sp³-hybridized carbons (Fsp3) is 0.0769. The van der Waals surface area contributed by atoms with Crippen LogP contribution in [0.4, 0.5) is 34.1 Å². The van der Waals surface area contributed by atoms with Crippen LogP contribution in [0.25, 0.3) is 22.3 Å².